The number of aryl methyl sites for hydroxylation is 1. The van der Waals surface area contributed by atoms with E-state index in [9.17, 15) is 4.79 Å². The molecule has 1 amide bonds. The molecule has 0 atom stereocenters. The number of amides is 1. The molecule has 0 fully saturated rings. The number of nitrogens with one attached hydrogen (secondary N) is 1. The first kappa shape index (κ1) is 19.4. The van der Waals surface area contributed by atoms with Crippen molar-refractivity contribution in [2.24, 2.45) is 5.73 Å². The molecule has 7 heteroatoms. The van der Waals surface area contributed by atoms with Crippen molar-refractivity contribution in [1.82, 2.24) is 4.98 Å². The summed E-state index contributed by atoms with van der Waals surface area (Å²) < 4.78 is 5.70. The molecule has 0 spiro atoms. The van der Waals surface area contributed by atoms with Gasteiger partial charge in [-0.05, 0) is 37.6 Å². The van der Waals surface area contributed by atoms with Crippen LogP contribution in [0, 0.1) is 6.92 Å². The number of benzene rings is 1. The molecule has 0 saturated carbocycles. The number of hydrogen-bond donors (Lipinski definition) is 2. The first-order valence-corrected chi connectivity index (χ1v) is 8.21. The molecule has 23 heavy (non-hydrogen) atoms. The van der Waals surface area contributed by atoms with Crippen LogP contribution in [-0.4, -0.2) is 24.0 Å². The molecule has 0 aliphatic carbocycles. The zero-order valence-electron chi connectivity index (χ0n) is 13.3. The molecule has 1 heterocycles. The molecule has 0 aliphatic rings. The van der Waals surface area contributed by atoms with Gasteiger partial charge in [-0.1, -0.05) is 13.0 Å². The number of hydrogen-bond acceptors (Lipinski definition) is 5. The summed E-state index contributed by atoms with van der Waals surface area (Å²) in [7, 11) is 0. The first-order chi connectivity index (χ1) is 10.6. The van der Waals surface area contributed by atoms with Crippen LogP contribution in [-0.2, 0) is 6.42 Å². The summed E-state index contributed by atoms with van der Waals surface area (Å²) in [5.74, 6) is 0.456. The van der Waals surface area contributed by atoms with Gasteiger partial charge in [0.1, 0.15) is 11.4 Å². The number of thiazole rings is 1. The molecule has 3 N–H and O–H groups in total. The predicted octanol–water partition coefficient (Wildman–Crippen LogP) is 3.42. The molecule has 126 valence electrons. The van der Waals surface area contributed by atoms with Crippen LogP contribution in [0.4, 0.5) is 5.69 Å². The van der Waals surface area contributed by atoms with E-state index >= 15 is 0 Å². The van der Waals surface area contributed by atoms with Crippen LogP contribution in [0.15, 0.2) is 23.6 Å². The maximum atomic E-state index is 12.3. The minimum atomic E-state index is -0.232. The largest absolute Gasteiger partial charge is 0.491 e. The Morgan fingerprint density at radius 3 is 2.91 bits per heavy atom. The highest BCUT2D eigenvalue weighted by atomic mass is 35.5. The van der Waals surface area contributed by atoms with Gasteiger partial charge in [-0.3, -0.25) is 4.79 Å². The molecule has 2 aromatic rings. The van der Waals surface area contributed by atoms with Crippen LogP contribution in [0.5, 0.6) is 5.75 Å². The SMILES string of the molecule is CCCOc1cc(C)ccc1NC(=O)c1csc(CCN)n1.Cl. The molecular formula is C16H22ClN3O2S. The third-order valence-electron chi connectivity index (χ3n) is 2.99. The molecule has 0 unspecified atom stereocenters. The van der Waals surface area contributed by atoms with Crippen molar-refractivity contribution in [3.8, 4) is 5.75 Å². The summed E-state index contributed by atoms with van der Waals surface area (Å²) in [6, 6.07) is 5.72. The van der Waals surface area contributed by atoms with Crippen LogP contribution < -0.4 is 15.8 Å². The van der Waals surface area contributed by atoms with Gasteiger partial charge >= 0.3 is 0 Å². The lowest BCUT2D eigenvalue weighted by atomic mass is 10.2. The third kappa shape index (κ3) is 5.49. The van der Waals surface area contributed by atoms with Gasteiger partial charge in [0.05, 0.1) is 17.3 Å². The Morgan fingerprint density at radius 1 is 1.43 bits per heavy atom. The van der Waals surface area contributed by atoms with Crippen molar-refractivity contribution in [1.29, 1.82) is 0 Å². The molecule has 0 radical (unpaired) electrons. The minimum Gasteiger partial charge on any atom is -0.491 e. The van der Waals surface area contributed by atoms with Gasteiger partial charge in [0, 0.05) is 11.8 Å². The highest BCUT2D eigenvalue weighted by molar-refractivity contribution is 7.09. The number of rotatable bonds is 7. The smallest absolute Gasteiger partial charge is 0.275 e. The lowest BCUT2D eigenvalue weighted by Gasteiger charge is -2.12. The first-order valence-electron chi connectivity index (χ1n) is 7.33. The molecule has 1 aromatic heterocycles. The fourth-order valence-electron chi connectivity index (χ4n) is 1.90. The second kappa shape index (κ2) is 9.50. The normalized spacial score (nSPS) is 10.0. The van der Waals surface area contributed by atoms with Gasteiger partial charge < -0.3 is 15.8 Å². The Morgan fingerprint density at radius 2 is 2.22 bits per heavy atom. The van der Waals surface area contributed by atoms with Gasteiger partial charge in [0.2, 0.25) is 0 Å². The molecule has 1 aromatic carbocycles. The Labute approximate surface area is 146 Å². The van der Waals surface area contributed by atoms with E-state index in [0.717, 1.165) is 17.0 Å². The Balaban J connectivity index is 0.00000264. The zero-order valence-corrected chi connectivity index (χ0v) is 14.9. The van der Waals surface area contributed by atoms with Crippen LogP contribution >= 0.6 is 23.7 Å². The predicted molar refractivity (Wildman–Crippen MR) is 97.0 cm³/mol. The number of ether oxygens (including phenoxy) is 1. The van der Waals surface area contributed by atoms with Crippen LogP contribution in [0.2, 0.25) is 0 Å². The number of carbonyl (C=O) groups excluding carboxylic acids is 1. The van der Waals surface area contributed by atoms with Crippen molar-refractivity contribution in [2.75, 3.05) is 18.5 Å². The summed E-state index contributed by atoms with van der Waals surface area (Å²) in [5, 5.41) is 5.49. The van der Waals surface area contributed by atoms with Crippen molar-refractivity contribution >= 4 is 35.3 Å². The molecular weight excluding hydrogens is 334 g/mol. The summed E-state index contributed by atoms with van der Waals surface area (Å²) in [6.07, 6.45) is 1.60. The number of halogens is 1. The average molecular weight is 356 g/mol. The molecule has 0 saturated heterocycles. The topological polar surface area (TPSA) is 77.2 Å². The number of nitrogens with zero attached hydrogens (tertiary/aromatic N) is 1. The van der Waals surface area contributed by atoms with E-state index in [1.807, 2.05) is 32.0 Å². The van der Waals surface area contributed by atoms with E-state index < -0.39 is 0 Å². The van der Waals surface area contributed by atoms with E-state index in [4.69, 9.17) is 10.5 Å². The summed E-state index contributed by atoms with van der Waals surface area (Å²) in [6.45, 7) is 5.18. The highest BCUT2D eigenvalue weighted by Crippen LogP contribution is 2.26. The van der Waals surface area contributed by atoms with Crippen molar-refractivity contribution in [3.63, 3.8) is 0 Å². The second-order valence-corrected chi connectivity index (χ2v) is 5.91. The maximum absolute atomic E-state index is 12.3. The summed E-state index contributed by atoms with van der Waals surface area (Å²) in [5.41, 5.74) is 7.66. The Bertz CT molecular complexity index is 646. The fraction of sp³-hybridized carbons (Fsp3) is 0.375. The lowest BCUT2D eigenvalue weighted by Crippen LogP contribution is -2.14. The van der Waals surface area contributed by atoms with Gasteiger partial charge in [-0.2, -0.15) is 0 Å². The van der Waals surface area contributed by atoms with Gasteiger partial charge in [0.15, 0.2) is 0 Å². The molecule has 0 bridgehead atoms. The van der Waals surface area contributed by atoms with Gasteiger partial charge in [-0.15, -0.1) is 23.7 Å². The van der Waals surface area contributed by atoms with Crippen LogP contribution in [0.1, 0.15) is 34.4 Å². The van der Waals surface area contributed by atoms with Gasteiger partial charge in [-0.25, -0.2) is 4.98 Å². The Hall–Kier alpha value is -1.63. The third-order valence-corrected chi connectivity index (χ3v) is 3.90. The molecule has 2 rings (SSSR count). The number of nitrogens with two attached hydrogens (primary N) is 1. The van der Waals surface area contributed by atoms with E-state index in [2.05, 4.69) is 10.3 Å². The second-order valence-electron chi connectivity index (χ2n) is 4.97. The Kier molecular flexibility index (Phi) is 8.02. The summed E-state index contributed by atoms with van der Waals surface area (Å²) in [4.78, 5) is 16.6. The standard InChI is InChI=1S/C16H21N3O2S.ClH/c1-3-8-21-14-9-11(2)4-5-12(14)19-16(20)13-10-22-15(18-13)6-7-17;/h4-5,9-10H,3,6-8,17H2,1-2H3,(H,19,20);1H. The summed E-state index contributed by atoms with van der Waals surface area (Å²) >= 11 is 1.45. The number of carbonyl (C=O) groups is 1. The van der Waals surface area contributed by atoms with Crippen molar-refractivity contribution in [2.45, 2.75) is 26.7 Å². The fourth-order valence-corrected chi connectivity index (χ4v) is 2.70. The molecule has 0 aliphatic heterocycles. The average Bonchev–Trinajstić information content (AvgIpc) is 2.96. The minimum absolute atomic E-state index is 0. The van der Waals surface area contributed by atoms with E-state index in [0.29, 0.717) is 36.7 Å². The van der Waals surface area contributed by atoms with Crippen LogP contribution in [0.25, 0.3) is 0 Å². The number of anilines is 1. The lowest BCUT2D eigenvalue weighted by molar-refractivity contribution is 0.102. The van der Waals surface area contributed by atoms with Crippen molar-refractivity contribution < 1.29 is 9.53 Å². The van der Waals surface area contributed by atoms with E-state index in [-0.39, 0.29) is 18.3 Å². The number of aromatic nitrogens is 1. The molecule has 5 nitrogen and oxygen atoms in total. The van der Waals surface area contributed by atoms with E-state index in [1.54, 1.807) is 5.38 Å². The van der Waals surface area contributed by atoms with Crippen LogP contribution in [0.3, 0.4) is 0 Å². The quantitative estimate of drug-likeness (QED) is 0.797. The highest BCUT2D eigenvalue weighted by Gasteiger charge is 2.13. The van der Waals surface area contributed by atoms with E-state index in [1.165, 1.54) is 11.3 Å². The van der Waals surface area contributed by atoms with Crippen molar-refractivity contribution in [3.05, 3.63) is 39.8 Å². The monoisotopic (exact) mass is 355 g/mol. The van der Waals surface area contributed by atoms with Gasteiger partial charge in [0.25, 0.3) is 5.91 Å². The zero-order chi connectivity index (χ0) is 15.9. The maximum Gasteiger partial charge on any atom is 0.275 e.